The minimum absolute atomic E-state index is 0.257. The summed E-state index contributed by atoms with van der Waals surface area (Å²) < 4.78 is 19.2. The molecule has 0 saturated heterocycles. The number of fused-ring (bicyclic) bond motifs is 12. The van der Waals surface area contributed by atoms with Gasteiger partial charge < -0.3 is 13.7 Å². The van der Waals surface area contributed by atoms with Gasteiger partial charge in [-0.2, -0.15) is 0 Å². The summed E-state index contributed by atoms with van der Waals surface area (Å²) in [5.74, 6) is -0.257. The van der Waals surface area contributed by atoms with E-state index >= 15 is 0 Å². The average Bonchev–Trinajstić information content (AvgIpc) is 3.71. The second-order valence-corrected chi connectivity index (χ2v) is 13.1. The van der Waals surface area contributed by atoms with Crippen LogP contribution in [0.4, 0.5) is 21.5 Å². The monoisotopic (exact) mass is 641 g/mol. The molecule has 0 atom stereocenters. The standard InChI is InChI=1S/C46H28FN3/c47-31-20-24-33(25-21-31)48(32-22-18-30(19-23-32)29-10-2-1-3-11-29)34-26-27-41-42(28-34)50-40-17-9-7-15-38(40)44-36-13-5-4-12-35(36)43-37-14-6-8-16-39(37)49(41)45(43)46(44)50/h1-28H. The molecule has 8 aromatic carbocycles. The second kappa shape index (κ2) is 10.2. The van der Waals surface area contributed by atoms with Gasteiger partial charge in [-0.25, -0.2) is 4.39 Å². The minimum Gasteiger partial charge on any atom is -0.310 e. The van der Waals surface area contributed by atoms with Crippen molar-refractivity contribution in [3.8, 4) is 11.1 Å². The van der Waals surface area contributed by atoms with Crippen LogP contribution in [0.15, 0.2) is 170 Å². The van der Waals surface area contributed by atoms with E-state index in [0.29, 0.717) is 0 Å². The van der Waals surface area contributed by atoms with Crippen LogP contribution in [-0.4, -0.2) is 8.80 Å². The first kappa shape index (κ1) is 27.3. The largest absolute Gasteiger partial charge is 0.310 e. The van der Waals surface area contributed by atoms with E-state index in [1.807, 2.05) is 18.2 Å². The fraction of sp³-hybridized carbons (Fsp3) is 0. The number of hydrogen-bond donors (Lipinski definition) is 0. The third-order valence-electron chi connectivity index (χ3n) is 10.5. The number of hydrogen-bond acceptors (Lipinski definition) is 1. The maximum absolute atomic E-state index is 14.3. The van der Waals surface area contributed by atoms with Gasteiger partial charge in [0.05, 0.1) is 33.1 Å². The molecule has 3 aromatic heterocycles. The average molecular weight is 642 g/mol. The van der Waals surface area contributed by atoms with Crippen molar-refractivity contribution in [1.29, 1.82) is 0 Å². The van der Waals surface area contributed by atoms with Crippen molar-refractivity contribution in [2.24, 2.45) is 0 Å². The lowest BCUT2D eigenvalue weighted by Crippen LogP contribution is -2.10. The molecule has 0 N–H and O–H groups in total. The Balaban J connectivity index is 1.27. The van der Waals surface area contributed by atoms with E-state index in [1.54, 1.807) is 0 Å². The molecule has 3 nitrogen and oxygen atoms in total. The minimum atomic E-state index is -0.257. The first-order valence-electron chi connectivity index (χ1n) is 17.0. The molecule has 0 radical (unpaired) electrons. The van der Waals surface area contributed by atoms with Crippen LogP contribution in [0.3, 0.4) is 0 Å². The van der Waals surface area contributed by atoms with Crippen LogP contribution >= 0.6 is 0 Å². The van der Waals surface area contributed by atoms with Gasteiger partial charge in [-0.3, -0.25) is 0 Å². The molecule has 11 rings (SSSR count). The van der Waals surface area contributed by atoms with Crippen molar-refractivity contribution in [1.82, 2.24) is 8.80 Å². The molecule has 0 spiro atoms. The zero-order valence-corrected chi connectivity index (χ0v) is 26.9. The van der Waals surface area contributed by atoms with Crippen LogP contribution in [-0.2, 0) is 0 Å². The molecule has 0 saturated carbocycles. The Morgan fingerprint density at radius 3 is 1.42 bits per heavy atom. The van der Waals surface area contributed by atoms with Crippen LogP contribution in [0.5, 0.6) is 0 Å². The Labute approximate surface area is 286 Å². The van der Waals surface area contributed by atoms with E-state index in [0.717, 1.165) is 33.7 Å². The molecule has 3 heterocycles. The Morgan fingerprint density at radius 2 is 0.820 bits per heavy atom. The van der Waals surface area contributed by atoms with Crippen LogP contribution < -0.4 is 4.90 Å². The maximum atomic E-state index is 14.3. The Hall–Kier alpha value is -6.65. The molecule has 0 aliphatic carbocycles. The lowest BCUT2D eigenvalue weighted by molar-refractivity contribution is 0.628. The SMILES string of the molecule is Fc1ccc(N(c2ccc(-c3ccccc3)cc2)c2ccc3c(c2)n2c4ccccc4c4c5ccccc5c5c6ccccc6n3c5c42)cc1. The highest BCUT2D eigenvalue weighted by Crippen LogP contribution is 2.47. The van der Waals surface area contributed by atoms with Crippen LogP contribution in [0.2, 0.25) is 0 Å². The molecule has 0 amide bonds. The summed E-state index contributed by atoms with van der Waals surface area (Å²) in [4.78, 5) is 2.22. The Kier molecular flexibility index (Phi) is 5.56. The number of anilines is 3. The van der Waals surface area contributed by atoms with Crippen LogP contribution in [0.25, 0.3) is 76.5 Å². The number of halogens is 1. The lowest BCUT2D eigenvalue weighted by Gasteiger charge is -2.26. The fourth-order valence-electron chi connectivity index (χ4n) is 8.38. The third kappa shape index (κ3) is 3.67. The second-order valence-electron chi connectivity index (χ2n) is 13.1. The van der Waals surface area contributed by atoms with Crippen LogP contribution in [0, 0.1) is 5.82 Å². The van der Waals surface area contributed by atoms with Gasteiger partial charge >= 0.3 is 0 Å². The topological polar surface area (TPSA) is 12.1 Å². The predicted molar refractivity (Wildman–Crippen MR) is 207 cm³/mol. The molecule has 0 unspecified atom stereocenters. The summed E-state index contributed by atoms with van der Waals surface area (Å²) in [6.07, 6.45) is 0. The van der Waals surface area contributed by atoms with E-state index < -0.39 is 0 Å². The van der Waals surface area contributed by atoms with E-state index in [2.05, 4.69) is 153 Å². The van der Waals surface area contributed by atoms with Crippen LogP contribution in [0.1, 0.15) is 0 Å². The highest BCUT2D eigenvalue weighted by atomic mass is 19.1. The molecule has 0 aliphatic heterocycles. The van der Waals surface area contributed by atoms with Gasteiger partial charge in [0.15, 0.2) is 0 Å². The molecular weight excluding hydrogens is 614 g/mol. The predicted octanol–water partition coefficient (Wildman–Crippen LogP) is 12.7. The van der Waals surface area contributed by atoms with Crippen molar-refractivity contribution in [2.75, 3.05) is 4.90 Å². The van der Waals surface area contributed by atoms with Crippen molar-refractivity contribution < 1.29 is 4.39 Å². The van der Waals surface area contributed by atoms with E-state index in [1.165, 1.54) is 72.1 Å². The van der Waals surface area contributed by atoms with Gasteiger partial charge in [-0.15, -0.1) is 0 Å². The van der Waals surface area contributed by atoms with Gasteiger partial charge in [0.2, 0.25) is 0 Å². The molecule has 50 heavy (non-hydrogen) atoms. The van der Waals surface area contributed by atoms with E-state index in [4.69, 9.17) is 0 Å². The van der Waals surface area contributed by atoms with Gasteiger partial charge in [0.25, 0.3) is 0 Å². The number of benzene rings is 8. The molecule has 234 valence electrons. The Morgan fingerprint density at radius 1 is 0.360 bits per heavy atom. The zero-order valence-electron chi connectivity index (χ0n) is 26.9. The van der Waals surface area contributed by atoms with Crippen molar-refractivity contribution in [3.63, 3.8) is 0 Å². The summed E-state index contributed by atoms with van der Waals surface area (Å²) >= 11 is 0. The summed E-state index contributed by atoms with van der Waals surface area (Å²) in [5, 5.41) is 7.58. The zero-order chi connectivity index (χ0) is 32.9. The number of aromatic nitrogens is 2. The quantitative estimate of drug-likeness (QED) is 0.174. The molecular formula is C46H28FN3. The summed E-state index contributed by atoms with van der Waals surface area (Å²) in [6, 6.07) is 59.0. The fourth-order valence-corrected chi connectivity index (χ4v) is 8.38. The molecule has 0 bridgehead atoms. The van der Waals surface area contributed by atoms with Crippen molar-refractivity contribution in [2.45, 2.75) is 0 Å². The first-order chi connectivity index (χ1) is 24.7. The maximum Gasteiger partial charge on any atom is 0.123 e. The summed E-state index contributed by atoms with van der Waals surface area (Å²) in [7, 11) is 0. The van der Waals surface area contributed by atoms with Gasteiger partial charge in [0.1, 0.15) is 5.82 Å². The summed E-state index contributed by atoms with van der Waals surface area (Å²) in [5.41, 5.74) is 12.3. The first-order valence-corrected chi connectivity index (χ1v) is 17.0. The Bertz CT molecular complexity index is 3080. The van der Waals surface area contributed by atoms with Gasteiger partial charge in [0, 0.05) is 38.6 Å². The number of rotatable bonds is 4. The molecule has 4 heteroatoms. The molecule has 0 aliphatic rings. The highest BCUT2D eigenvalue weighted by Gasteiger charge is 2.25. The lowest BCUT2D eigenvalue weighted by atomic mass is 9.98. The number of para-hydroxylation sites is 2. The van der Waals surface area contributed by atoms with E-state index in [-0.39, 0.29) is 5.82 Å². The molecule has 11 aromatic rings. The highest BCUT2D eigenvalue weighted by molar-refractivity contribution is 6.37. The van der Waals surface area contributed by atoms with Gasteiger partial charge in [-0.05, 0) is 88.6 Å². The third-order valence-corrected chi connectivity index (χ3v) is 10.5. The van der Waals surface area contributed by atoms with Crippen molar-refractivity contribution in [3.05, 3.63) is 176 Å². The van der Waals surface area contributed by atoms with Gasteiger partial charge in [-0.1, -0.05) is 103 Å². The molecule has 0 fully saturated rings. The number of nitrogens with zero attached hydrogens (tertiary/aromatic N) is 3. The smallest absolute Gasteiger partial charge is 0.123 e. The summed E-state index contributed by atoms with van der Waals surface area (Å²) in [6.45, 7) is 0. The van der Waals surface area contributed by atoms with Crippen molar-refractivity contribution >= 4 is 82.5 Å². The normalized spacial score (nSPS) is 12.1. The van der Waals surface area contributed by atoms with E-state index in [9.17, 15) is 4.39 Å².